The number of benzene rings is 1. The van der Waals surface area contributed by atoms with Gasteiger partial charge < -0.3 is 19.7 Å². The molecule has 128 valence electrons. The van der Waals surface area contributed by atoms with Crippen LogP contribution in [0.15, 0.2) is 30.5 Å². The van der Waals surface area contributed by atoms with E-state index in [-0.39, 0.29) is 12.5 Å². The van der Waals surface area contributed by atoms with Gasteiger partial charge in [-0.15, -0.1) is 0 Å². The van der Waals surface area contributed by atoms with E-state index in [1.54, 1.807) is 0 Å². The zero-order valence-electron chi connectivity index (χ0n) is 13.9. The average molecular weight is 328 g/mol. The minimum Gasteiger partial charge on any atom is -0.460 e. The maximum absolute atomic E-state index is 12.3. The second-order valence-electron chi connectivity index (χ2n) is 7.16. The summed E-state index contributed by atoms with van der Waals surface area (Å²) in [7, 11) is 2.16. The van der Waals surface area contributed by atoms with E-state index in [1.807, 2.05) is 30.5 Å². The van der Waals surface area contributed by atoms with Gasteiger partial charge in [0.25, 0.3) is 0 Å². The number of rotatable bonds is 4. The summed E-state index contributed by atoms with van der Waals surface area (Å²) >= 11 is 0. The SMILES string of the molecule is CN1C2CCC1CC(OC(=O)C(O)Cc1c[nH]c3ccccc13)C2. The Kier molecular flexibility index (Phi) is 4.06. The van der Waals surface area contributed by atoms with E-state index in [2.05, 4.69) is 16.9 Å². The normalized spacial score (nSPS) is 28.2. The lowest BCUT2D eigenvalue weighted by Crippen LogP contribution is -2.44. The van der Waals surface area contributed by atoms with Crippen molar-refractivity contribution in [3.05, 3.63) is 36.0 Å². The number of esters is 1. The summed E-state index contributed by atoms with van der Waals surface area (Å²) in [6.45, 7) is 0. The van der Waals surface area contributed by atoms with Gasteiger partial charge in [-0.25, -0.2) is 4.79 Å². The summed E-state index contributed by atoms with van der Waals surface area (Å²) in [5.41, 5.74) is 1.96. The first-order valence-corrected chi connectivity index (χ1v) is 8.77. The molecule has 3 unspecified atom stereocenters. The van der Waals surface area contributed by atoms with Gasteiger partial charge in [0, 0.05) is 35.6 Å². The lowest BCUT2D eigenvalue weighted by molar-refractivity contribution is -0.162. The third-order valence-electron chi connectivity index (χ3n) is 5.70. The van der Waals surface area contributed by atoms with Crippen LogP contribution in [0, 0.1) is 0 Å². The number of fused-ring (bicyclic) bond motifs is 3. The topological polar surface area (TPSA) is 65.6 Å². The molecule has 4 rings (SSSR count). The second-order valence-corrected chi connectivity index (χ2v) is 7.16. The maximum atomic E-state index is 12.3. The number of hydrogen-bond acceptors (Lipinski definition) is 4. The number of H-pyrrole nitrogens is 1. The second kappa shape index (κ2) is 6.22. The molecular formula is C19H24N2O3. The largest absolute Gasteiger partial charge is 0.460 e. The van der Waals surface area contributed by atoms with E-state index in [0.29, 0.717) is 12.1 Å². The van der Waals surface area contributed by atoms with Gasteiger partial charge in [0.05, 0.1) is 0 Å². The van der Waals surface area contributed by atoms with Gasteiger partial charge in [-0.2, -0.15) is 0 Å². The Bertz CT molecular complexity index is 727. The number of aliphatic hydroxyl groups is 1. The molecule has 2 saturated heterocycles. The fourth-order valence-electron chi connectivity index (χ4n) is 4.29. The van der Waals surface area contributed by atoms with Crippen molar-refractivity contribution in [2.45, 2.75) is 56.4 Å². The van der Waals surface area contributed by atoms with Gasteiger partial charge >= 0.3 is 5.97 Å². The molecule has 3 atom stereocenters. The first-order chi connectivity index (χ1) is 11.6. The Labute approximate surface area is 141 Å². The molecule has 1 aromatic heterocycles. The van der Waals surface area contributed by atoms with E-state index in [9.17, 15) is 9.90 Å². The van der Waals surface area contributed by atoms with Gasteiger partial charge in [-0.05, 0) is 44.4 Å². The van der Waals surface area contributed by atoms with E-state index >= 15 is 0 Å². The summed E-state index contributed by atoms with van der Waals surface area (Å²) in [5.74, 6) is -0.491. The highest BCUT2D eigenvalue weighted by Gasteiger charge is 2.40. The summed E-state index contributed by atoms with van der Waals surface area (Å²) in [4.78, 5) is 17.9. The molecular weight excluding hydrogens is 304 g/mol. The number of piperidine rings is 1. The van der Waals surface area contributed by atoms with Crippen LogP contribution in [0.4, 0.5) is 0 Å². The van der Waals surface area contributed by atoms with Gasteiger partial charge in [-0.1, -0.05) is 18.2 Å². The molecule has 1 aromatic carbocycles. The number of ether oxygens (including phenoxy) is 1. The molecule has 0 radical (unpaired) electrons. The molecule has 2 bridgehead atoms. The van der Waals surface area contributed by atoms with Crippen molar-refractivity contribution in [2.75, 3.05) is 7.05 Å². The average Bonchev–Trinajstić information content (AvgIpc) is 3.05. The zero-order chi connectivity index (χ0) is 16.7. The van der Waals surface area contributed by atoms with Crippen molar-refractivity contribution < 1.29 is 14.6 Å². The first-order valence-electron chi connectivity index (χ1n) is 8.77. The number of aromatic amines is 1. The van der Waals surface area contributed by atoms with Gasteiger partial charge in [-0.3, -0.25) is 0 Å². The van der Waals surface area contributed by atoms with Crippen molar-refractivity contribution in [3.8, 4) is 0 Å². The van der Waals surface area contributed by atoms with Crippen LogP contribution in [0.5, 0.6) is 0 Å². The standard InChI is InChI=1S/C19H24N2O3/c1-21-13-6-7-14(21)10-15(9-13)24-19(23)18(22)8-12-11-20-17-5-3-2-4-16(12)17/h2-5,11,13-15,18,20,22H,6-10H2,1H3. The quantitative estimate of drug-likeness (QED) is 0.845. The molecule has 2 N–H and O–H groups in total. The number of aromatic nitrogens is 1. The number of hydrogen-bond donors (Lipinski definition) is 2. The molecule has 3 heterocycles. The predicted molar refractivity (Wildman–Crippen MR) is 91.7 cm³/mol. The Balaban J connectivity index is 1.38. The molecule has 5 nitrogen and oxygen atoms in total. The van der Waals surface area contributed by atoms with E-state index in [1.165, 1.54) is 12.8 Å². The number of nitrogens with one attached hydrogen (secondary N) is 1. The van der Waals surface area contributed by atoms with E-state index < -0.39 is 12.1 Å². The Morgan fingerprint density at radius 2 is 2.04 bits per heavy atom. The van der Waals surface area contributed by atoms with Gasteiger partial charge in [0.2, 0.25) is 0 Å². The smallest absolute Gasteiger partial charge is 0.335 e. The highest BCUT2D eigenvalue weighted by Crippen LogP contribution is 2.35. The molecule has 0 spiro atoms. The lowest BCUT2D eigenvalue weighted by atomic mass is 10.0. The van der Waals surface area contributed by atoms with Crippen LogP contribution in [0.3, 0.4) is 0 Å². The van der Waals surface area contributed by atoms with Crippen molar-refractivity contribution in [2.24, 2.45) is 0 Å². The summed E-state index contributed by atoms with van der Waals surface area (Å²) in [6.07, 6.45) is 5.13. The van der Waals surface area contributed by atoms with Crippen LogP contribution in [0.25, 0.3) is 10.9 Å². The predicted octanol–water partition coefficient (Wildman–Crippen LogP) is 2.24. The monoisotopic (exact) mass is 328 g/mol. The van der Waals surface area contributed by atoms with Crippen LogP contribution < -0.4 is 0 Å². The number of aliphatic hydroxyl groups excluding tert-OH is 1. The van der Waals surface area contributed by atoms with E-state index in [0.717, 1.165) is 29.3 Å². The molecule has 0 aliphatic carbocycles. The van der Waals surface area contributed by atoms with Crippen LogP contribution >= 0.6 is 0 Å². The van der Waals surface area contributed by atoms with Crippen LogP contribution in [0.2, 0.25) is 0 Å². The van der Waals surface area contributed by atoms with Crippen molar-refractivity contribution in [3.63, 3.8) is 0 Å². The molecule has 0 amide bonds. The molecule has 5 heteroatoms. The van der Waals surface area contributed by atoms with E-state index in [4.69, 9.17) is 4.74 Å². The number of para-hydroxylation sites is 1. The molecule has 24 heavy (non-hydrogen) atoms. The van der Waals surface area contributed by atoms with Crippen molar-refractivity contribution in [1.29, 1.82) is 0 Å². The summed E-state index contributed by atoms with van der Waals surface area (Å²) in [5, 5.41) is 11.3. The third kappa shape index (κ3) is 2.82. The van der Waals surface area contributed by atoms with Gasteiger partial charge in [0.15, 0.2) is 6.10 Å². The van der Waals surface area contributed by atoms with Crippen LogP contribution in [-0.4, -0.2) is 52.3 Å². The first kappa shape index (κ1) is 15.7. The molecule has 2 aliphatic rings. The maximum Gasteiger partial charge on any atom is 0.335 e. The van der Waals surface area contributed by atoms with Crippen LogP contribution in [0.1, 0.15) is 31.2 Å². The number of nitrogens with zero attached hydrogens (tertiary/aromatic N) is 1. The summed E-state index contributed by atoms with van der Waals surface area (Å²) in [6, 6.07) is 8.94. The molecule has 2 fully saturated rings. The number of carbonyl (C=O) groups is 1. The fraction of sp³-hybridized carbons (Fsp3) is 0.526. The fourth-order valence-corrected chi connectivity index (χ4v) is 4.29. The highest BCUT2D eigenvalue weighted by atomic mass is 16.6. The molecule has 2 aliphatic heterocycles. The Morgan fingerprint density at radius 3 is 2.79 bits per heavy atom. The summed E-state index contributed by atoms with van der Waals surface area (Å²) < 4.78 is 5.62. The third-order valence-corrected chi connectivity index (χ3v) is 5.70. The van der Waals surface area contributed by atoms with Crippen LogP contribution in [-0.2, 0) is 16.0 Å². The zero-order valence-corrected chi connectivity index (χ0v) is 13.9. The minimum atomic E-state index is -1.11. The Morgan fingerprint density at radius 1 is 1.33 bits per heavy atom. The Hall–Kier alpha value is -1.85. The molecule has 2 aromatic rings. The van der Waals surface area contributed by atoms with Gasteiger partial charge in [0.1, 0.15) is 6.10 Å². The lowest BCUT2D eigenvalue weighted by Gasteiger charge is -2.36. The highest BCUT2D eigenvalue weighted by molar-refractivity contribution is 5.84. The number of carbonyl (C=O) groups excluding carboxylic acids is 1. The minimum absolute atomic E-state index is 0.0520. The van der Waals surface area contributed by atoms with Crippen molar-refractivity contribution in [1.82, 2.24) is 9.88 Å². The molecule has 0 saturated carbocycles. The van der Waals surface area contributed by atoms with Crippen molar-refractivity contribution >= 4 is 16.9 Å².